The van der Waals surface area contributed by atoms with E-state index in [1.165, 1.54) is 5.56 Å². The van der Waals surface area contributed by atoms with Gasteiger partial charge >= 0.3 is 5.97 Å². The van der Waals surface area contributed by atoms with Crippen molar-refractivity contribution < 1.29 is 9.90 Å². The number of carbonyl (C=O) groups is 1. The van der Waals surface area contributed by atoms with Gasteiger partial charge in [0.15, 0.2) is 0 Å². The third-order valence-electron chi connectivity index (χ3n) is 1.97. The average molecular weight is 194 g/mol. The topological polar surface area (TPSA) is 37.3 Å². The summed E-state index contributed by atoms with van der Waals surface area (Å²) in [6, 6.07) is 7.74. The number of hydrogen-bond acceptors (Lipinski definition) is 1. The third-order valence-corrected chi connectivity index (χ3v) is 1.97. The van der Waals surface area contributed by atoms with Gasteiger partial charge in [-0.2, -0.15) is 0 Å². The Hall–Kier alpha value is -1.31. The van der Waals surface area contributed by atoms with Crippen LogP contribution >= 0.6 is 0 Å². The highest BCUT2D eigenvalue weighted by Gasteiger charge is 2.03. The molecule has 0 amide bonds. The maximum Gasteiger partial charge on any atom is 0.307 e. The lowest BCUT2D eigenvalue weighted by atomic mass is 10.00. The molecule has 0 bridgehead atoms. The van der Waals surface area contributed by atoms with Crippen LogP contribution in [0.3, 0.4) is 0 Å². The highest BCUT2D eigenvalue weighted by atomic mass is 16.4. The zero-order valence-corrected chi connectivity index (χ0v) is 7.95. The van der Waals surface area contributed by atoms with E-state index in [2.05, 4.69) is 13.8 Å². The molecule has 0 fully saturated rings. The smallest absolute Gasteiger partial charge is 0.307 e. The number of carboxylic acid groups (broad SMARTS) is 1. The fraction of sp³-hybridized carbons (Fsp3) is 0.417. The fourth-order valence-corrected chi connectivity index (χ4v) is 1.24. The molecule has 0 saturated heterocycles. The van der Waals surface area contributed by atoms with Crippen molar-refractivity contribution >= 4 is 5.97 Å². The van der Waals surface area contributed by atoms with E-state index in [4.69, 9.17) is 5.11 Å². The van der Waals surface area contributed by atoms with E-state index in [1.807, 2.05) is 24.3 Å². The minimum absolute atomic E-state index is 0. The zero-order chi connectivity index (χ0) is 9.84. The quantitative estimate of drug-likeness (QED) is 0.802. The van der Waals surface area contributed by atoms with Crippen molar-refractivity contribution in [3.63, 3.8) is 0 Å². The summed E-state index contributed by atoms with van der Waals surface area (Å²) in [5.41, 5.74) is 2.07. The first-order valence-electron chi connectivity index (χ1n) is 4.40. The molecule has 0 aliphatic rings. The molecule has 0 saturated carbocycles. The van der Waals surface area contributed by atoms with Crippen LogP contribution in [0.25, 0.3) is 0 Å². The van der Waals surface area contributed by atoms with Crippen LogP contribution in [-0.2, 0) is 11.2 Å². The molecule has 0 aliphatic carbocycles. The van der Waals surface area contributed by atoms with Crippen LogP contribution in [0, 0.1) is 0 Å². The number of aliphatic carboxylic acids is 1. The fourth-order valence-electron chi connectivity index (χ4n) is 1.24. The monoisotopic (exact) mass is 194 g/mol. The van der Waals surface area contributed by atoms with Crippen molar-refractivity contribution in [1.29, 1.82) is 0 Å². The van der Waals surface area contributed by atoms with Crippen molar-refractivity contribution in [2.45, 2.75) is 33.6 Å². The van der Waals surface area contributed by atoms with Crippen molar-refractivity contribution in [2.24, 2.45) is 0 Å². The van der Waals surface area contributed by atoms with E-state index < -0.39 is 5.97 Å². The molecule has 1 aromatic rings. The van der Waals surface area contributed by atoms with Gasteiger partial charge in [0.25, 0.3) is 0 Å². The molecule has 0 unspecified atom stereocenters. The van der Waals surface area contributed by atoms with Crippen LogP contribution in [0.2, 0.25) is 0 Å². The summed E-state index contributed by atoms with van der Waals surface area (Å²) in [5.74, 6) is -0.324. The Kier molecular flexibility index (Phi) is 4.92. The second kappa shape index (κ2) is 5.43. The van der Waals surface area contributed by atoms with Crippen LogP contribution in [0.4, 0.5) is 0 Å². The Morgan fingerprint density at radius 3 is 2.57 bits per heavy atom. The number of rotatable bonds is 3. The second-order valence-electron chi connectivity index (χ2n) is 3.47. The summed E-state index contributed by atoms with van der Waals surface area (Å²) in [6.45, 7) is 4.19. The SMILES string of the molecule is C.CC(C)c1cccc(CC(=O)O)c1. The Morgan fingerprint density at radius 1 is 1.43 bits per heavy atom. The highest BCUT2D eigenvalue weighted by molar-refractivity contribution is 5.70. The molecular formula is C12H18O2. The zero-order valence-electron chi connectivity index (χ0n) is 7.95. The van der Waals surface area contributed by atoms with Gasteiger partial charge in [0, 0.05) is 0 Å². The maximum absolute atomic E-state index is 10.4. The molecule has 0 aliphatic heterocycles. The predicted molar refractivity (Wildman–Crippen MR) is 58.6 cm³/mol. The van der Waals surface area contributed by atoms with Gasteiger partial charge in [-0.3, -0.25) is 4.79 Å². The average Bonchev–Trinajstić information content (AvgIpc) is 2.03. The van der Waals surface area contributed by atoms with Crippen LogP contribution < -0.4 is 0 Å². The van der Waals surface area contributed by atoms with E-state index in [-0.39, 0.29) is 13.8 Å². The predicted octanol–water partition coefficient (Wildman–Crippen LogP) is 3.07. The van der Waals surface area contributed by atoms with Crippen LogP contribution in [0.1, 0.15) is 38.3 Å². The Labute approximate surface area is 85.6 Å². The number of benzene rings is 1. The number of hydrogen-bond donors (Lipinski definition) is 1. The summed E-state index contributed by atoms with van der Waals surface area (Å²) in [7, 11) is 0. The van der Waals surface area contributed by atoms with Gasteiger partial charge in [0.05, 0.1) is 6.42 Å². The first kappa shape index (κ1) is 12.7. The molecule has 0 atom stereocenters. The van der Waals surface area contributed by atoms with Crippen LogP contribution in [-0.4, -0.2) is 11.1 Å². The van der Waals surface area contributed by atoms with Gasteiger partial charge in [-0.05, 0) is 17.0 Å². The highest BCUT2D eigenvalue weighted by Crippen LogP contribution is 2.15. The Balaban J connectivity index is 0.00000169. The minimum atomic E-state index is -0.777. The van der Waals surface area contributed by atoms with Gasteiger partial charge in [-0.25, -0.2) is 0 Å². The van der Waals surface area contributed by atoms with Gasteiger partial charge < -0.3 is 5.11 Å². The van der Waals surface area contributed by atoms with E-state index >= 15 is 0 Å². The molecule has 0 aromatic heterocycles. The number of carboxylic acids is 1. The first-order valence-corrected chi connectivity index (χ1v) is 4.40. The summed E-state index contributed by atoms with van der Waals surface area (Å²) in [6.07, 6.45) is 0.112. The van der Waals surface area contributed by atoms with Gasteiger partial charge in [-0.15, -0.1) is 0 Å². The van der Waals surface area contributed by atoms with E-state index in [1.54, 1.807) is 0 Å². The molecule has 0 heterocycles. The molecule has 78 valence electrons. The Bertz CT molecular complexity index is 303. The van der Waals surface area contributed by atoms with Gasteiger partial charge in [0.2, 0.25) is 0 Å². The first-order chi connectivity index (χ1) is 6.09. The largest absolute Gasteiger partial charge is 0.481 e. The molecule has 2 heteroatoms. The lowest BCUT2D eigenvalue weighted by Crippen LogP contribution is -2.00. The van der Waals surface area contributed by atoms with E-state index in [9.17, 15) is 4.79 Å². The maximum atomic E-state index is 10.4. The van der Waals surface area contributed by atoms with E-state index in [0.29, 0.717) is 5.92 Å². The summed E-state index contributed by atoms with van der Waals surface area (Å²) >= 11 is 0. The minimum Gasteiger partial charge on any atom is -0.481 e. The summed E-state index contributed by atoms with van der Waals surface area (Å²) in [4.78, 5) is 10.4. The molecule has 14 heavy (non-hydrogen) atoms. The van der Waals surface area contributed by atoms with E-state index in [0.717, 1.165) is 5.56 Å². The Morgan fingerprint density at radius 2 is 2.07 bits per heavy atom. The van der Waals surface area contributed by atoms with Crippen molar-refractivity contribution in [2.75, 3.05) is 0 Å². The molecule has 1 rings (SSSR count). The summed E-state index contributed by atoms with van der Waals surface area (Å²) in [5, 5.41) is 8.60. The summed E-state index contributed by atoms with van der Waals surface area (Å²) < 4.78 is 0. The van der Waals surface area contributed by atoms with Crippen molar-refractivity contribution in [3.8, 4) is 0 Å². The second-order valence-corrected chi connectivity index (χ2v) is 3.47. The van der Waals surface area contributed by atoms with Crippen LogP contribution in [0.15, 0.2) is 24.3 Å². The van der Waals surface area contributed by atoms with Gasteiger partial charge in [-0.1, -0.05) is 45.5 Å². The molecule has 1 N–H and O–H groups in total. The van der Waals surface area contributed by atoms with Crippen molar-refractivity contribution in [1.82, 2.24) is 0 Å². The van der Waals surface area contributed by atoms with Crippen LogP contribution in [0.5, 0.6) is 0 Å². The normalized spacial score (nSPS) is 9.64. The molecular weight excluding hydrogens is 176 g/mol. The lowest BCUT2D eigenvalue weighted by Gasteiger charge is -2.06. The lowest BCUT2D eigenvalue weighted by molar-refractivity contribution is -0.136. The van der Waals surface area contributed by atoms with Crippen molar-refractivity contribution in [3.05, 3.63) is 35.4 Å². The molecule has 0 spiro atoms. The molecule has 0 radical (unpaired) electrons. The standard InChI is InChI=1S/C11H14O2.CH4/c1-8(2)10-5-3-4-9(6-10)7-11(12)13;/h3-6,8H,7H2,1-2H3,(H,12,13);1H4. The molecule has 1 aromatic carbocycles. The van der Waals surface area contributed by atoms with Gasteiger partial charge in [0.1, 0.15) is 0 Å². The third kappa shape index (κ3) is 3.60. The molecule has 2 nitrogen and oxygen atoms in total.